The second-order valence-corrected chi connectivity index (χ2v) is 5.22. The van der Waals surface area contributed by atoms with Crippen LogP contribution in [0.1, 0.15) is 11.5 Å². The van der Waals surface area contributed by atoms with Gasteiger partial charge in [0.25, 0.3) is 0 Å². The van der Waals surface area contributed by atoms with Gasteiger partial charge in [-0.2, -0.15) is 0 Å². The van der Waals surface area contributed by atoms with Crippen molar-refractivity contribution in [2.75, 3.05) is 11.4 Å². The van der Waals surface area contributed by atoms with E-state index in [0.717, 1.165) is 42.4 Å². The largest absolute Gasteiger partial charge is 0.347 e. The van der Waals surface area contributed by atoms with Crippen molar-refractivity contribution in [3.63, 3.8) is 0 Å². The van der Waals surface area contributed by atoms with Crippen LogP contribution in [-0.4, -0.2) is 26.3 Å². The Hall–Kier alpha value is -2.47. The van der Waals surface area contributed by atoms with E-state index < -0.39 is 0 Å². The van der Waals surface area contributed by atoms with E-state index in [1.165, 1.54) is 5.39 Å². The molecule has 6 heteroatoms. The highest BCUT2D eigenvalue weighted by atomic mass is 15.3. The molecule has 21 heavy (non-hydrogen) atoms. The molecule has 6 nitrogen and oxygen atoms in total. The molecule has 0 unspecified atom stereocenters. The summed E-state index contributed by atoms with van der Waals surface area (Å²) < 4.78 is 2.09. The van der Waals surface area contributed by atoms with Crippen molar-refractivity contribution in [1.29, 1.82) is 0 Å². The number of benzene rings is 1. The zero-order valence-corrected chi connectivity index (χ0v) is 11.6. The number of nitrogens with zero attached hydrogens (tertiary/aromatic N) is 5. The van der Waals surface area contributed by atoms with Gasteiger partial charge in [0.05, 0.1) is 12.2 Å². The van der Waals surface area contributed by atoms with Gasteiger partial charge in [0, 0.05) is 25.0 Å². The van der Waals surface area contributed by atoms with Crippen LogP contribution in [0.2, 0.25) is 0 Å². The Balaban J connectivity index is 1.83. The molecule has 4 rings (SSSR count). The van der Waals surface area contributed by atoms with Crippen LogP contribution in [0.25, 0.3) is 10.8 Å². The van der Waals surface area contributed by atoms with Gasteiger partial charge in [-0.3, -0.25) is 0 Å². The molecule has 1 aliphatic rings. The van der Waals surface area contributed by atoms with E-state index in [9.17, 15) is 0 Å². The normalized spacial score (nSPS) is 14.4. The molecule has 1 aromatic carbocycles. The number of fused-ring (bicyclic) bond motifs is 2. The molecule has 0 saturated carbocycles. The van der Waals surface area contributed by atoms with Crippen LogP contribution in [0.3, 0.4) is 0 Å². The van der Waals surface area contributed by atoms with Crippen molar-refractivity contribution in [3.8, 4) is 0 Å². The van der Waals surface area contributed by atoms with Crippen molar-refractivity contribution in [1.82, 2.24) is 19.7 Å². The molecule has 0 radical (unpaired) electrons. The first kappa shape index (κ1) is 12.3. The third-order valence-corrected chi connectivity index (χ3v) is 3.92. The minimum atomic E-state index is 0.446. The average molecular weight is 280 g/mol. The molecular formula is C15H16N6. The number of nitrogens with two attached hydrogens (primary N) is 1. The van der Waals surface area contributed by atoms with Gasteiger partial charge in [-0.15, -0.1) is 10.2 Å². The minimum absolute atomic E-state index is 0.446. The van der Waals surface area contributed by atoms with Gasteiger partial charge in [-0.05, 0) is 11.5 Å². The zero-order valence-electron chi connectivity index (χ0n) is 11.6. The minimum Gasteiger partial charge on any atom is -0.347 e. The van der Waals surface area contributed by atoms with Crippen LogP contribution in [0, 0.1) is 0 Å². The van der Waals surface area contributed by atoms with E-state index in [2.05, 4.69) is 37.9 Å². The Labute approximate surface area is 122 Å². The molecule has 0 saturated heterocycles. The van der Waals surface area contributed by atoms with Gasteiger partial charge in [0.15, 0.2) is 5.82 Å². The Morgan fingerprint density at radius 1 is 1.19 bits per heavy atom. The average Bonchev–Trinajstić information content (AvgIpc) is 3.01. The second kappa shape index (κ2) is 4.82. The van der Waals surface area contributed by atoms with Crippen molar-refractivity contribution < 1.29 is 0 Å². The molecule has 106 valence electrons. The predicted molar refractivity (Wildman–Crippen MR) is 80.7 cm³/mol. The molecule has 2 N–H and O–H groups in total. The summed E-state index contributed by atoms with van der Waals surface area (Å²) in [6.45, 7) is 2.95. The highest BCUT2D eigenvalue weighted by Crippen LogP contribution is 2.28. The van der Waals surface area contributed by atoms with Gasteiger partial charge in [-0.25, -0.2) is 4.98 Å². The number of pyridine rings is 1. The lowest BCUT2D eigenvalue weighted by Crippen LogP contribution is -2.34. The van der Waals surface area contributed by atoms with E-state index in [1.807, 2.05) is 12.1 Å². The fourth-order valence-electron chi connectivity index (χ4n) is 2.83. The van der Waals surface area contributed by atoms with Crippen LogP contribution in [0.15, 0.2) is 36.7 Å². The third-order valence-electron chi connectivity index (χ3n) is 3.92. The SMILES string of the molecule is NCc1cc2ccccc2c(N2CCn3cnnc3C2)n1. The maximum atomic E-state index is 5.79. The first-order valence-electron chi connectivity index (χ1n) is 7.05. The number of hydrogen-bond donors (Lipinski definition) is 1. The number of hydrogen-bond acceptors (Lipinski definition) is 5. The molecule has 0 fully saturated rings. The van der Waals surface area contributed by atoms with Crippen molar-refractivity contribution >= 4 is 16.6 Å². The van der Waals surface area contributed by atoms with Crippen LogP contribution in [0.5, 0.6) is 0 Å². The Morgan fingerprint density at radius 3 is 3.00 bits per heavy atom. The summed E-state index contributed by atoms with van der Waals surface area (Å²) in [6, 6.07) is 10.4. The molecule has 1 aliphatic heterocycles. The molecule has 0 atom stereocenters. The number of aromatic nitrogens is 4. The molecule has 3 aromatic rings. The Bertz CT molecular complexity index is 794. The summed E-state index contributed by atoms with van der Waals surface area (Å²) in [5, 5.41) is 10.5. The predicted octanol–water partition coefficient (Wildman–Crippen LogP) is 1.31. The van der Waals surface area contributed by atoms with Gasteiger partial charge < -0.3 is 15.2 Å². The lowest BCUT2D eigenvalue weighted by atomic mass is 10.1. The quantitative estimate of drug-likeness (QED) is 0.766. The van der Waals surface area contributed by atoms with E-state index in [4.69, 9.17) is 10.7 Å². The highest BCUT2D eigenvalue weighted by Gasteiger charge is 2.20. The van der Waals surface area contributed by atoms with E-state index in [-0.39, 0.29) is 0 Å². The second-order valence-electron chi connectivity index (χ2n) is 5.22. The third kappa shape index (κ3) is 2.04. The van der Waals surface area contributed by atoms with Crippen LogP contribution in [0.4, 0.5) is 5.82 Å². The first-order valence-corrected chi connectivity index (χ1v) is 7.05. The summed E-state index contributed by atoms with van der Waals surface area (Å²) in [5.74, 6) is 1.97. The summed E-state index contributed by atoms with van der Waals surface area (Å²) in [4.78, 5) is 7.00. The zero-order chi connectivity index (χ0) is 14.2. The molecule has 3 heterocycles. The molecule has 2 aromatic heterocycles. The van der Waals surface area contributed by atoms with Crippen molar-refractivity contribution in [3.05, 3.63) is 48.2 Å². The standard InChI is InChI=1S/C15H16N6/c16-8-12-7-11-3-1-2-4-13(11)15(18-12)20-5-6-21-10-17-19-14(21)9-20/h1-4,7,10H,5-6,8-9,16H2. The van der Waals surface area contributed by atoms with E-state index >= 15 is 0 Å². The fourth-order valence-corrected chi connectivity index (χ4v) is 2.83. The van der Waals surface area contributed by atoms with Gasteiger partial charge in [0.1, 0.15) is 12.1 Å². The monoisotopic (exact) mass is 280 g/mol. The Morgan fingerprint density at radius 2 is 2.10 bits per heavy atom. The molecular weight excluding hydrogens is 264 g/mol. The number of rotatable bonds is 2. The highest BCUT2D eigenvalue weighted by molar-refractivity contribution is 5.92. The maximum absolute atomic E-state index is 5.79. The molecule has 0 aliphatic carbocycles. The number of anilines is 1. The van der Waals surface area contributed by atoms with Gasteiger partial charge in [0.2, 0.25) is 0 Å². The van der Waals surface area contributed by atoms with Gasteiger partial charge in [-0.1, -0.05) is 24.3 Å². The lowest BCUT2D eigenvalue weighted by Gasteiger charge is -2.29. The molecule has 0 amide bonds. The lowest BCUT2D eigenvalue weighted by molar-refractivity contribution is 0.557. The maximum Gasteiger partial charge on any atom is 0.152 e. The van der Waals surface area contributed by atoms with Gasteiger partial charge >= 0.3 is 0 Å². The Kier molecular flexibility index (Phi) is 2.82. The summed E-state index contributed by atoms with van der Waals surface area (Å²) >= 11 is 0. The smallest absolute Gasteiger partial charge is 0.152 e. The van der Waals surface area contributed by atoms with Crippen molar-refractivity contribution in [2.45, 2.75) is 19.6 Å². The summed E-state index contributed by atoms with van der Waals surface area (Å²) in [7, 11) is 0. The first-order chi connectivity index (χ1) is 10.3. The van der Waals surface area contributed by atoms with E-state index in [0.29, 0.717) is 6.54 Å². The summed E-state index contributed by atoms with van der Waals surface area (Å²) in [6.07, 6.45) is 1.79. The molecule has 0 spiro atoms. The topological polar surface area (TPSA) is 72.9 Å². The van der Waals surface area contributed by atoms with E-state index in [1.54, 1.807) is 6.33 Å². The van der Waals surface area contributed by atoms with Crippen LogP contribution in [-0.2, 0) is 19.6 Å². The molecule has 0 bridgehead atoms. The van der Waals surface area contributed by atoms with Crippen LogP contribution >= 0.6 is 0 Å². The van der Waals surface area contributed by atoms with Crippen LogP contribution < -0.4 is 10.6 Å². The fraction of sp³-hybridized carbons (Fsp3) is 0.267. The van der Waals surface area contributed by atoms with Crippen molar-refractivity contribution in [2.24, 2.45) is 5.73 Å². The summed E-state index contributed by atoms with van der Waals surface area (Å²) in [5.41, 5.74) is 6.70.